The predicted octanol–water partition coefficient (Wildman–Crippen LogP) is 2.48. The molecule has 1 rings (SSSR count). The monoisotopic (exact) mass is 237 g/mol. The second-order valence-electron chi connectivity index (χ2n) is 6.88. The first-order valence-corrected chi connectivity index (χ1v) is 6.53. The molecule has 1 fully saturated rings. The van der Waals surface area contributed by atoms with Gasteiger partial charge >= 0.3 is 0 Å². The first-order valence-electron chi connectivity index (χ1n) is 6.53. The third-order valence-corrected chi connectivity index (χ3v) is 3.69. The van der Waals surface area contributed by atoms with Gasteiger partial charge in [-0.1, -0.05) is 0 Å². The van der Waals surface area contributed by atoms with Crippen molar-refractivity contribution >= 4 is 0 Å². The summed E-state index contributed by atoms with van der Waals surface area (Å²) < 4.78 is 0. The molecule has 0 aliphatic carbocycles. The van der Waals surface area contributed by atoms with Crippen molar-refractivity contribution in [1.82, 2.24) is 9.80 Å². The van der Waals surface area contributed by atoms with E-state index in [1.54, 1.807) is 0 Å². The molecule has 98 valence electrons. The molecule has 0 spiro atoms. The highest BCUT2D eigenvalue weighted by Gasteiger charge is 2.41. The molecule has 1 heterocycles. The smallest absolute Gasteiger partial charge is 0.0638 e. The largest absolute Gasteiger partial charge is 0.305 e. The van der Waals surface area contributed by atoms with Crippen LogP contribution in [0.5, 0.6) is 0 Å². The first kappa shape index (κ1) is 14.5. The standard InChI is InChI=1S/C14H27N3/c1-13(2,3)17-12(7-9-15)11-16(6)10-8-14(17,4)5/h12H,7-8,10-11H2,1-6H3. The Morgan fingerprint density at radius 2 is 1.94 bits per heavy atom. The van der Waals surface area contributed by atoms with E-state index in [9.17, 15) is 0 Å². The third-order valence-electron chi connectivity index (χ3n) is 3.69. The molecule has 0 aromatic carbocycles. The van der Waals surface area contributed by atoms with Gasteiger partial charge in [-0.2, -0.15) is 5.26 Å². The molecule has 3 nitrogen and oxygen atoms in total. The Morgan fingerprint density at radius 3 is 2.41 bits per heavy atom. The van der Waals surface area contributed by atoms with Gasteiger partial charge in [-0.15, -0.1) is 0 Å². The summed E-state index contributed by atoms with van der Waals surface area (Å²) in [6.07, 6.45) is 1.77. The molecule has 1 aliphatic rings. The minimum atomic E-state index is 0.107. The molecule has 1 aliphatic heterocycles. The fraction of sp³-hybridized carbons (Fsp3) is 0.929. The van der Waals surface area contributed by atoms with Gasteiger partial charge in [-0.3, -0.25) is 4.90 Å². The summed E-state index contributed by atoms with van der Waals surface area (Å²) in [5.74, 6) is 0. The van der Waals surface area contributed by atoms with Crippen LogP contribution in [0.25, 0.3) is 0 Å². The molecular formula is C14H27N3. The van der Waals surface area contributed by atoms with Crippen molar-refractivity contribution in [3.63, 3.8) is 0 Å². The molecular weight excluding hydrogens is 210 g/mol. The summed E-state index contributed by atoms with van der Waals surface area (Å²) in [6, 6.07) is 2.69. The van der Waals surface area contributed by atoms with Gasteiger partial charge in [-0.05, 0) is 54.6 Å². The van der Waals surface area contributed by atoms with Gasteiger partial charge in [0.15, 0.2) is 0 Å². The lowest BCUT2D eigenvalue weighted by Gasteiger charge is -2.50. The minimum absolute atomic E-state index is 0.107. The zero-order chi connectivity index (χ0) is 13.3. The van der Waals surface area contributed by atoms with E-state index in [1.807, 2.05) is 0 Å². The highest BCUT2D eigenvalue weighted by molar-refractivity contribution is 5.00. The van der Waals surface area contributed by atoms with E-state index < -0.39 is 0 Å². The van der Waals surface area contributed by atoms with Crippen molar-refractivity contribution in [2.75, 3.05) is 20.1 Å². The molecule has 0 radical (unpaired) electrons. The lowest BCUT2D eigenvalue weighted by Crippen LogP contribution is -2.59. The zero-order valence-corrected chi connectivity index (χ0v) is 12.2. The van der Waals surface area contributed by atoms with E-state index in [4.69, 9.17) is 5.26 Å². The summed E-state index contributed by atoms with van der Waals surface area (Å²) in [7, 11) is 2.16. The van der Waals surface area contributed by atoms with E-state index in [1.165, 1.54) is 0 Å². The average Bonchev–Trinajstić information content (AvgIpc) is 2.22. The number of nitrogens with zero attached hydrogens (tertiary/aromatic N) is 3. The van der Waals surface area contributed by atoms with Crippen LogP contribution in [0.3, 0.4) is 0 Å². The molecule has 3 heteroatoms. The SMILES string of the molecule is CN1CCC(C)(C)N(C(C)(C)C)C(CC#N)C1. The van der Waals surface area contributed by atoms with E-state index in [0.717, 1.165) is 19.5 Å². The lowest BCUT2D eigenvalue weighted by molar-refractivity contribution is -0.00784. The third kappa shape index (κ3) is 3.43. The molecule has 1 saturated heterocycles. The van der Waals surface area contributed by atoms with E-state index >= 15 is 0 Å². The minimum Gasteiger partial charge on any atom is -0.305 e. The summed E-state index contributed by atoms with van der Waals surface area (Å²) in [6.45, 7) is 13.5. The average molecular weight is 237 g/mol. The van der Waals surface area contributed by atoms with Crippen molar-refractivity contribution in [2.45, 2.75) is 64.6 Å². The second-order valence-corrected chi connectivity index (χ2v) is 6.88. The van der Waals surface area contributed by atoms with Gasteiger partial charge in [0.2, 0.25) is 0 Å². The summed E-state index contributed by atoms with van der Waals surface area (Å²) in [5, 5.41) is 9.06. The Hall–Kier alpha value is -0.590. The van der Waals surface area contributed by atoms with Gasteiger partial charge in [0.05, 0.1) is 12.5 Å². The highest BCUT2D eigenvalue weighted by Crippen LogP contribution is 2.33. The number of nitriles is 1. The van der Waals surface area contributed by atoms with Crippen LogP contribution in [-0.2, 0) is 0 Å². The number of hydrogen-bond acceptors (Lipinski definition) is 3. The van der Waals surface area contributed by atoms with Crippen LogP contribution in [0.2, 0.25) is 0 Å². The van der Waals surface area contributed by atoms with Gasteiger partial charge in [0, 0.05) is 23.7 Å². The van der Waals surface area contributed by atoms with Crippen molar-refractivity contribution in [2.24, 2.45) is 0 Å². The molecule has 0 N–H and O–H groups in total. The maximum atomic E-state index is 9.06. The Balaban J connectivity index is 3.07. The molecule has 1 unspecified atom stereocenters. The summed E-state index contributed by atoms with van der Waals surface area (Å²) in [5.41, 5.74) is 0.265. The maximum Gasteiger partial charge on any atom is 0.0638 e. The van der Waals surface area contributed by atoms with Gasteiger partial charge in [0.25, 0.3) is 0 Å². The topological polar surface area (TPSA) is 30.3 Å². The predicted molar refractivity (Wildman–Crippen MR) is 71.8 cm³/mol. The maximum absolute atomic E-state index is 9.06. The molecule has 0 bridgehead atoms. The molecule has 0 aromatic rings. The molecule has 0 saturated carbocycles. The van der Waals surface area contributed by atoms with Gasteiger partial charge < -0.3 is 4.90 Å². The Bertz CT molecular complexity index is 296. The molecule has 1 atom stereocenters. The Morgan fingerprint density at radius 1 is 1.35 bits per heavy atom. The first-order chi connectivity index (χ1) is 7.68. The zero-order valence-electron chi connectivity index (χ0n) is 12.2. The Kier molecular flexibility index (Phi) is 4.22. The molecule has 17 heavy (non-hydrogen) atoms. The van der Waals surface area contributed by atoms with Crippen LogP contribution in [0, 0.1) is 11.3 Å². The quantitative estimate of drug-likeness (QED) is 0.702. The number of rotatable bonds is 1. The summed E-state index contributed by atoms with van der Waals surface area (Å²) >= 11 is 0. The van der Waals surface area contributed by atoms with E-state index in [2.05, 4.69) is 57.5 Å². The van der Waals surface area contributed by atoms with Crippen LogP contribution in [0.4, 0.5) is 0 Å². The van der Waals surface area contributed by atoms with Crippen molar-refractivity contribution in [1.29, 1.82) is 5.26 Å². The normalized spacial score (nSPS) is 27.5. The van der Waals surface area contributed by atoms with Crippen molar-refractivity contribution in [3.8, 4) is 6.07 Å². The van der Waals surface area contributed by atoms with Crippen LogP contribution in [-0.4, -0.2) is 47.1 Å². The van der Waals surface area contributed by atoms with Crippen molar-refractivity contribution in [3.05, 3.63) is 0 Å². The van der Waals surface area contributed by atoms with Crippen LogP contribution in [0.15, 0.2) is 0 Å². The van der Waals surface area contributed by atoms with Crippen LogP contribution >= 0.6 is 0 Å². The van der Waals surface area contributed by atoms with Gasteiger partial charge in [-0.25, -0.2) is 0 Å². The van der Waals surface area contributed by atoms with Gasteiger partial charge in [0.1, 0.15) is 0 Å². The van der Waals surface area contributed by atoms with Crippen molar-refractivity contribution < 1.29 is 0 Å². The Labute approximate surface area is 106 Å². The van der Waals surface area contributed by atoms with E-state index in [0.29, 0.717) is 12.5 Å². The molecule has 0 aromatic heterocycles. The van der Waals surface area contributed by atoms with Crippen LogP contribution in [0.1, 0.15) is 47.5 Å². The lowest BCUT2D eigenvalue weighted by atomic mass is 9.89. The fourth-order valence-electron chi connectivity index (χ4n) is 3.33. The second kappa shape index (κ2) is 4.96. The number of likely N-dealkylation sites (N-methyl/N-ethyl adjacent to an activating group) is 1. The van der Waals surface area contributed by atoms with Crippen LogP contribution < -0.4 is 0 Å². The molecule has 0 amide bonds. The fourth-order valence-corrected chi connectivity index (χ4v) is 3.33. The highest BCUT2D eigenvalue weighted by atomic mass is 15.3. The summed E-state index contributed by atoms with van der Waals surface area (Å²) in [4.78, 5) is 4.90. The van der Waals surface area contributed by atoms with E-state index in [-0.39, 0.29) is 11.1 Å². The number of hydrogen-bond donors (Lipinski definition) is 0.